The highest BCUT2D eigenvalue weighted by Crippen LogP contribution is 2.15. The number of rotatable bonds is 2. The van der Waals surface area contributed by atoms with Gasteiger partial charge in [0.1, 0.15) is 6.17 Å². The van der Waals surface area contributed by atoms with Crippen molar-refractivity contribution in [2.24, 2.45) is 0 Å². The molecule has 0 unspecified atom stereocenters. The van der Waals surface area contributed by atoms with Gasteiger partial charge in [0.25, 0.3) is 0 Å². The Morgan fingerprint density at radius 2 is 2.13 bits per heavy atom. The lowest BCUT2D eigenvalue weighted by Gasteiger charge is -2.28. The first-order valence-electron chi connectivity index (χ1n) is 5.52. The standard InChI is InChI=1S/C12H17FN2/c1-10-2-3-11(8-14-10)9-15-6-4-12(13)5-7-15/h2-3,8,12H,4-7,9H2,1H3. The van der Waals surface area contributed by atoms with Crippen molar-refractivity contribution < 1.29 is 4.39 Å². The maximum atomic E-state index is 12.9. The van der Waals surface area contributed by atoms with Crippen LogP contribution in [-0.4, -0.2) is 29.1 Å². The Hall–Kier alpha value is -0.960. The van der Waals surface area contributed by atoms with Gasteiger partial charge < -0.3 is 0 Å². The molecule has 1 saturated heterocycles. The van der Waals surface area contributed by atoms with Crippen molar-refractivity contribution in [3.63, 3.8) is 0 Å². The zero-order valence-electron chi connectivity index (χ0n) is 9.12. The second kappa shape index (κ2) is 4.71. The second-order valence-electron chi connectivity index (χ2n) is 4.26. The first kappa shape index (κ1) is 10.6. The van der Waals surface area contributed by atoms with Crippen molar-refractivity contribution in [3.05, 3.63) is 29.6 Å². The molecule has 1 fully saturated rings. The average molecular weight is 208 g/mol. The zero-order chi connectivity index (χ0) is 10.7. The second-order valence-corrected chi connectivity index (χ2v) is 4.26. The van der Waals surface area contributed by atoms with Crippen molar-refractivity contribution in [1.29, 1.82) is 0 Å². The van der Waals surface area contributed by atoms with Gasteiger partial charge in [0.05, 0.1) is 0 Å². The zero-order valence-corrected chi connectivity index (χ0v) is 9.12. The number of hydrogen-bond acceptors (Lipinski definition) is 2. The molecule has 0 aliphatic carbocycles. The summed E-state index contributed by atoms with van der Waals surface area (Å²) in [4.78, 5) is 6.55. The van der Waals surface area contributed by atoms with Crippen molar-refractivity contribution in [1.82, 2.24) is 9.88 Å². The topological polar surface area (TPSA) is 16.1 Å². The molecule has 15 heavy (non-hydrogen) atoms. The maximum Gasteiger partial charge on any atom is 0.103 e. The van der Waals surface area contributed by atoms with Crippen LogP contribution in [0.5, 0.6) is 0 Å². The fraction of sp³-hybridized carbons (Fsp3) is 0.583. The highest BCUT2D eigenvalue weighted by atomic mass is 19.1. The van der Waals surface area contributed by atoms with Crippen LogP contribution in [0.4, 0.5) is 4.39 Å². The molecule has 2 rings (SSSR count). The fourth-order valence-corrected chi connectivity index (χ4v) is 1.91. The summed E-state index contributed by atoms with van der Waals surface area (Å²) < 4.78 is 12.9. The predicted molar refractivity (Wildman–Crippen MR) is 58.4 cm³/mol. The first-order valence-corrected chi connectivity index (χ1v) is 5.52. The molecule has 0 N–H and O–H groups in total. The molecule has 1 aromatic rings. The van der Waals surface area contributed by atoms with Gasteiger partial charge in [0, 0.05) is 31.5 Å². The van der Waals surface area contributed by atoms with Gasteiger partial charge in [0.2, 0.25) is 0 Å². The summed E-state index contributed by atoms with van der Waals surface area (Å²) in [5.74, 6) is 0. The summed E-state index contributed by atoms with van der Waals surface area (Å²) in [6, 6.07) is 4.13. The lowest BCUT2D eigenvalue weighted by atomic mass is 10.1. The number of halogens is 1. The Balaban J connectivity index is 1.89. The Morgan fingerprint density at radius 1 is 1.40 bits per heavy atom. The van der Waals surface area contributed by atoms with E-state index in [1.165, 1.54) is 5.56 Å². The van der Waals surface area contributed by atoms with Gasteiger partial charge in [-0.2, -0.15) is 0 Å². The van der Waals surface area contributed by atoms with E-state index in [0.29, 0.717) is 12.8 Å². The van der Waals surface area contributed by atoms with Gasteiger partial charge >= 0.3 is 0 Å². The van der Waals surface area contributed by atoms with Gasteiger partial charge in [-0.1, -0.05) is 6.07 Å². The molecular formula is C12H17FN2. The van der Waals surface area contributed by atoms with Gasteiger partial charge in [0.15, 0.2) is 0 Å². The lowest BCUT2D eigenvalue weighted by molar-refractivity contribution is 0.145. The summed E-state index contributed by atoms with van der Waals surface area (Å²) in [6.07, 6.45) is 2.69. The molecule has 82 valence electrons. The van der Waals surface area contributed by atoms with Crippen LogP contribution in [0, 0.1) is 6.92 Å². The summed E-state index contributed by atoms with van der Waals surface area (Å²) in [7, 11) is 0. The number of hydrogen-bond donors (Lipinski definition) is 0. The normalized spacial score (nSPS) is 19.3. The molecule has 0 radical (unpaired) electrons. The fourth-order valence-electron chi connectivity index (χ4n) is 1.91. The number of pyridine rings is 1. The molecule has 0 spiro atoms. The van der Waals surface area contributed by atoms with E-state index in [0.717, 1.165) is 25.3 Å². The van der Waals surface area contributed by atoms with Crippen molar-refractivity contribution in [2.75, 3.05) is 13.1 Å². The number of aromatic nitrogens is 1. The Labute approximate surface area is 90.1 Å². The third-order valence-corrected chi connectivity index (χ3v) is 2.90. The third kappa shape index (κ3) is 2.99. The molecule has 0 bridgehead atoms. The van der Waals surface area contributed by atoms with Gasteiger partial charge in [-0.05, 0) is 31.4 Å². The van der Waals surface area contributed by atoms with E-state index in [1.54, 1.807) is 0 Å². The molecule has 0 atom stereocenters. The van der Waals surface area contributed by atoms with E-state index in [1.807, 2.05) is 19.2 Å². The minimum atomic E-state index is -0.586. The van der Waals surface area contributed by atoms with Crippen LogP contribution < -0.4 is 0 Å². The number of piperidine rings is 1. The molecule has 2 nitrogen and oxygen atoms in total. The minimum Gasteiger partial charge on any atom is -0.299 e. The Kier molecular flexibility index (Phi) is 3.31. The van der Waals surface area contributed by atoms with Crippen LogP contribution in [0.3, 0.4) is 0 Å². The number of aryl methyl sites for hydroxylation is 1. The SMILES string of the molecule is Cc1ccc(CN2CCC(F)CC2)cn1. The molecule has 2 heterocycles. The first-order chi connectivity index (χ1) is 7.24. The van der Waals surface area contributed by atoms with Gasteiger partial charge in [-0.15, -0.1) is 0 Å². The summed E-state index contributed by atoms with van der Waals surface area (Å²) >= 11 is 0. The Morgan fingerprint density at radius 3 is 2.73 bits per heavy atom. The smallest absolute Gasteiger partial charge is 0.103 e. The molecule has 3 heteroatoms. The molecule has 1 aliphatic rings. The third-order valence-electron chi connectivity index (χ3n) is 2.90. The summed E-state index contributed by atoms with van der Waals surface area (Å²) in [6.45, 7) is 4.63. The van der Waals surface area contributed by atoms with Gasteiger partial charge in [-0.25, -0.2) is 4.39 Å². The maximum absolute atomic E-state index is 12.9. The average Bonchev–Trinajstić information content (AvgIpc) is 2.25. The molecule has 1 aliphatic heterocycles. The van der Waals surface area contributed by atoms with E-state index in [4.69, 9.17) is 0 Å². The van der Waals surface area contributed by atoms with E-state index >= 15 is 0 Å². The highest BCUT2D eigenvalue weighted by molar-refractivity contribution is 5.13. The van der Waals surface area contributed by atoms with Crippen LogP contribution in [0.1, 0.15) is 24.1 Å². The van der Waals surface area contributed by atoms with Crippen LogP contribution in [-0.2, 0) is 6.54 Å². The number of alkyl halides is 1. The van der Waals surface area contributed by atoms with Crippen molar-refractivity contribution in [2.45, 2.75) is 32.5 Å². The van der Waals surface area contributed by atoms with Crippen molar-refractivity contribution in [3.8, 4) is 0 Å². The van der Waals surface area contributed by atoms with Crippen LogP contribution >= 0.6 is 0 Å². The van der Waals surface area contributed by atoms with E-state index < -0.39 is 6.17 Å². The minimum absolute atomic E-state index is 0.586. The molecular weight excluding hydrogens is 191 g/mol. The Bertz CT molecular complexity index is 302. The molecule has 0 amide bonds. The summed E-state index contributed by atoms with van der Waals surface area (Å²) in [5, 5.41) is 0. The highest BCUT2D eigenvalue weighted by Gasteiger charge is 2.17. The number of likely N-dealkylation sites (tertiary alicyclic amines) is 1. The van der Waals surface area contributed by atoms with Crippen molar-refractivity contribution >= 4 is 0 Å². The van der Waals surface area contributed by atoms with E-state index in [2.05, 4.69) is 16.0 Å². The van der Waals surface area contributed by atoms with Crippen LogP contribution in [0.25, 0.3) is 0 Å². The van der Waals surface area contributed by atoms with E-state index in [9.17, 15) is 4.39 Å². The largest absolute Gasteiger partial charge is 0.299 e. The lowest BCUT2D eigenvalue weighted by Crippen LogP contribution is -2.33. The monoisotopic (exact) mass is 208 g/mol. The quantitative estimate of drug-likeness (QED) is 0.741. The molecule has 1 aromatic heterocycles. The van der Waals surface area contributed by atoms with Crippen LogP contribution in [0.15, 0.2) is 18.3 Å². The van der Waals surface area contributed by atoms with Gasteiger partial charge in [-0.3, -0.25) is 9.88 Å². The summed E-state index contributed by atoms with van der Waals surface area (Å²) in [5.41, 5.74) is 2.26. The molecule has 0 saturated carbocycles. The van der Waals surface area contributed by atoms with Crippen LogP contribution in [0.2, 0.25) is 0 Å². The van der Waals surface area contributed by atoms with E-state index in [-0.39, 0.29) is 0 Å². The predicted octanol–water partition coefficient (Wildman–Crippen LogP) is 2.32. The molecule has 0 aromatic carbocycles. The number of nitrogens with zero attached hydrogens (tertiary/aromatic N) is 2.